The number of ketones is 1. The van der Waals surface area contributed by atoms with Crippen LogP contribution in [0.2, 0.25) is 0 Å². The number of hydrogen-bond acceptors (Lipinski definition) is 1. The van der Waals surface area contributed by atoms with Gasteiger partial charge in [0.15, 0.2) is 5.78 Å². The number of hydrogen-bond donors (Lipinski definition) is 0. The van der Waals surface area contributed by atoms with E-state index in [1.807, 2.05) is 36.4 Å². The minimum atomic E-state index is 0.119. The second kappa shape index (κ2) is 14.2. The molecule has 0 amide bonds. The largest absolute Gasteiger partial charge is 0.289 e. The molecule has 0 bridgehead atoms. The van der Waals surface area contributed by atoms with Crippen molar-refractivity contribution in [3.05, 3.63) is 48.0 Å². The third kappa shape index (κ3) is 10.9. The summed E-state index contributed by atoms with van der Waals surface area (Å²) in [5, 5.41) is 0. The zero-order valence-corrected chi connectivity index (χ0v) is 14.9. The van der Waals surface area contributed by atoms with Crippen molar-refractivity contribution in [2.75, 3.05) is 0 Å². The maximum atomic E-state index is 11.9. The van der Waals surface area contributed by atoms with Crippen LogP contribution in [0.15, 0.2) is 42.5 Å². The lowest BCUT2D eigenvalue weighted by atomic mass is 10.0. The number of rotatable bonds is 14. The van der Waals surface area contributed by atoms with Crippen LogP contribution in [0.1, 0.15) is 94.3 Å². The number of unbranched alkanes of at least 4 members (excludes halogenated alkanes) is 11. The number of allylic oxidation sites excluding steroid dienone is 2. The fourth-order valence-electron chi connectivity index (χ4n) is 2.82. The molecule has 128 valence electrons. The molecule has 1 aromatic carbocycles. The van der Waals surface area contributed by atoms with Crippen LogP contribution < -0.4 is 0 Å². The van der Waals surface area contributed by atoms with Gasteiger partial charge < -0.3 is 0 Å². The van der Waals surface area contributed by atoms with E-state index in [-0.39, 0.29) is 5.78 Å². The van der Waals surface area contributed by atoms with E-state index in [0.717, 1.165) is 12.0 Å². The highest BCUT2D eigenvalue weighted by Crippen LogP contribution is 2.12. The summed E-state index contributed by atoms with van der Waals surface area (Å²) in [5.74, 6) is 0.119. The van der Waals surface area contributed by atoms with Crippen LogP contribution in [0, 0.1) is 0 Å². The molecule has 0 aliphatic carbocycles. The Hall–Kier alpha value is -1.37. The van der Waals surface area contributed by atoms with E-state index in [1.54, 1.807) is 6.08 Å². The first kappa shape index (κ1) is 19.7. The Morgan fingerprint density at radius 3 is 1.87 bits per heavy atom. The van der Waals surface area contributed by atoms with Crippen molar-refractivity contribution in [3.8, 4) is 0 Å². The third-order valence-electron chi connectivity index (χ3n) is 4.30. The van der Waals surface area contributed by atoms with E-state index in [9.17, 15) is 4.79 Å². The predicted molar refractivity (Wildman–Crippen MR) is 101 cm³/mol. The third-order valence-corrected chi connectivity index (χ3v) is 4.30. The lowest BCUT2D eigenvalue weighted by Gasteiger charge is -2.01. The topological polar surface area (TPSA) is 17.1 Å². The van der Waals surface area contributed by atoms with E-state index in [0.29, 0.717) is 0 Å². The summed E-state index contributed by atoms with van der Waals surface area (Å²) in [4.78, 5) is 11.9. The van der Waals surface area contributed by atoms with Crippen LogP contribution in [-0.4, -0.2) is 5.78 Å². The van der Waals surface area contributed by atoms with Crippen molar-refractivity contribution in [2.24, 2.45) is 0 Å². The molecule has 0 radical (unpaired) electrons. The Kier molecular flexibility index (Phi) is 12.2. The number of carbonyl (C=O) groups is 1. The van der Waals surface area contributed by atoms with E-state index in [1.165, 1.54) is 70.6 Å². The highest BCUT2D eigenvalue weighted by atomic mass is 16.1. The highest BCUT2D eigenvalue weighted by Gasteiger charge is 1.98. The molecule has 0 aliphatic heterocycles. The molecule has 1 aromatic rings. The zero-order chi connectivity index (χ0) is 16.6. The molecule has 0 atom stereocenters. The van der Waals surface area contributed by atoms with E-state index >= 15 is 0 Å². The van der Waals surface area contributed by atoms with Crippen molar-refractivity contribution in [1.29, 1.82) is 0 Å². The van der Waals surface area contributed by atoms with E-state index in [4.69, 9.17) is 0 Å². The Balaban J connectivity index is 1.90. The van der Waals surface area contributed by atoms with Gasteiger partial charge in [0.25, 0.3) is 0 Å². The molecular formula is C22H34O. The molecule has 0 spiro atoms. The summed E-state index contributed by atoms with van der Waals surface area (Å²) in [6.45, 7) is 2.27. The number of benzene rings is 1. The molecule has 0 aromatic heterocycles. The Bertz CT molecular complexity index is 419. The first-order valence-electron chi connectivity index (χ1n) is 9.60. The average Bonchev–Trinajstić information content (AvgIpc) is 2.59. The molecule has 1 heteroatoms. The molecule has 1 rings (SSSR count). The minimum absolute atomic E-state index is 0.119. The normalized spacial score (nSPS) is 11.2. The number of carbonyl (C=O) groups excluding carboxylic acids is 1. The Morgan fingerprint density at radius 2 is 1.30 bits per heavy atom. The summed E-state index contributed by atoms with van der Waals surface area (Å²) in [6, 6.07) is 9.49. The zero-order valence-electron chi connectivity index (χ0n) is 14.9. The van der Waals surface area contributed by atoms with Gasteiger partial charge in [-0.3, -0.25) is 4.79 Å². The maximum Gasteiger partial charge on any atom is 0.185 e. The minimum Gasteiger partial charge on any atom is -0.289 e. The van der Waals surface area contributed by atoms with Gasteiger partial charge in [-0.2, -0.15) is 0 Å². The van der Waals surface area contributed by atoms with Gasteiger partial charge >= 0.3 is 0 Å². The van der Waals surface area contributed by atoms with Gasteiger partial charge in [-0.15, -0.1) is 0 Å². The van der Waals surface area contributed by atoms with Gasteiger partial charge in [0, 0.05) is 5.56 Å². The second-order valence-corrected chi connectivity index (χ2v) is 6.46. The summed E-state index contributed by atoms with van der Waals surface area (Å²) in [7, 11) is 0. The van der Waals surface area contributed by atoms with Gasteiger partial charge in [0.2, 0.25) is 0 Å². The summed E-state index contributed by atoms with van der Waals surface area (Å²) >= 11 is 0. The first-order valence-corrected chi connectivity index (χ1v) is 9.60. The standard InChI is InChI=1S/C22H34O/c1-2-3-4-5-6-7-8-9-10-11-12-13-17-20-22(23)21-18-15-14-16-19-21/h14-20H,2-13H2,1H3. The van der Waals surface area contributed by atoms with Crippen LogP contribution >= 0.6 is 0 Å². The molecule has 23 heavy (non-hydrogen) atoms. The van der Waals surface area contributed by atoms with Gasteiger partial charge in [0.1, 0.15) is 0 Å². The smallest absolute Gasteiger partial charge is 0.185 e. The van der Waals surface area contributed by atoms with Crippen LogP contribution in [-0.2, 0) is 0 Å². The van der Waals surface area contributed by atoms with Crippen molar-refractivity contribution >= 4 is 5.78 Å². The molecule has 0 fully saturated rings. The predicted octanol–water partition coefficient (Wildman–Crippen LogP) is 7.13. The molecular weight excluding hydrogens is 280 g/mol. The SMILES string of the molecule is CCCCCCCCCCCCCC=CC(=O)c1ccccc1. The molecule has 0 aliphatic rings. The Labute approximate surface area is 143 Å². The highest BCUT2D eigenvalue weighted by molar-refractivity contribution is 6.04. The van der Waals surface area contributed by atoms with Crippen LogP contribution in [0.5, 0.6) is 0 Å². The lowest BCUT2D eigenvalue weighted by molar-refractivity contribution is 0.104. The molecule has 0 heterocycles. The van der Waals surface area contributed by atoms with Crippen molar-refractivity contribution < 1.29 is 4.79 Å². The van der Waals surface area contributed by atoms with Crippen molar-refractivity contribution in [2.45, 2.75) is 84.0 Å². The summed E-state index contributed by atoms with van der Waals surface area (Å²) in [6.07, 6.45) is 19.8. The second-order valence-electron chi connectivity index (χ2n) is 6.46. The lowest BCUT2D eigenvalue weighted by Crippen LogP contribution is -1.92. The van der Waals surface area contributed by atoms with Gasteiger partial charge in [-0.05, 0) is 18.9 Å². The summed E-state index contributed by atoms with van der Waals surface area (Å²) < 4.78 is 0. The molecule has 0 saturated carbocycles. The quantitative estimate of drug-likeness (QED) is 0.203. The fourth-order valence-corrected chi connectivity index (χ4v) is 2.82. The Morgan fingerprint density at radius 1 is 0.783 bits per heavy atom. The maximum absolute atomic E-state index is 11.9. The molecule has 0 N–H and O–H groups in total. The molecule has 0 unspecified atom stereocenters. The van der Waals surface area contributed by atoms with E-state index in [2.05, 4.69) is 6.92 Å². The van der Waals surface area contributed by atoms with Gasteiger partial charge in [-0.1, -0.05) is 108 Å². The average molecular weight is 315 g/mol. The molecule has 0 saturated heterocycles. The van der Waals surface area contributed by atoms with Gasteiger partial charge in [0.05, 0.1) is 0 Å². The monoisotopic (exact) mass is 314 g/mol. The van der Waals surface area contributed by atoms with Crippen LogP contribution in [0.4, 0.5) is 0 Å². The first-order chi connectivity index (χ1) is 11.3. The van der Waals surface area contributed by atoms with Crippen molar-refractivity contribution in [1.82, 2.24) is 0 Å². The fraction of sp³-hybridized carbons (Fsp3) is 0.591. The van der Waals surface area contributed by atoms with E-state index < -0.39 is 0 Å². The van der Waals surface area contributed by atoms with Crippen LogP contribution in [0.25, 0.3) is 0 Å². The van der Waals surface area contributed by atoms with Gasteiger partial charge in [-0.25, -0.2) is 0 Å². The molecule has 1 nitrogen and oxygen atoms in total. The van der Waals surface area contributed by atoms with Crippen molar-refractivity contribution in [3.63, 3.8) is 0 Å². The van der Waals surface area contributed by atoms with Crippen LogP contribution in [0.3, 0.4) is 0 Å². The summed E-state index contributed by atoms with van der Waals surface area (Å²) in [5.41, 5.74) is 0.780.